The first-order valence-corrected chi connectivity index (χ1v) is 5.32. The van der Waals surface area contributed by atoms with E-state index >= 15 is 0 Å². The van der Waals surface area contributed by atoms with Gasteiger partial charge in [-0.15, -0.1) is 0 Å². The summed E-state index contributed by atoms with van der Waals surface area (Å²) in [6.07, 6.45) is 1.97. The molecule has 0 amide bonds. The number of halogens is 1. The lowest BCUT2D eigenvalue weighted by Gasteiger charge is -2.18. The minimum absolute atomic E-state index is 0.117. The van der Waals surface area contributed by atoms with E-state index in [-0.39, 0.29) is 6.42 Å². The Bertz CT molecular complexity index is 158. The molecule has 0 aromatic rings. The van der Waals surface area contributed by atoms with Crippen molar-refractivity contribution in [2.75, 3.05) is 5.33 Å². The summed E-state index contributed by atoms with van der Waals surface area (Å²) in [5.74, 6) is -3.23. The molecule has 0 atom stereocenters. The Balaban J connectivity index is 3.56. The van der Waals surface area contributed by atoms with Crippen LogP contribution in [-0.4, -0.2) is 32.4 Å². The van der Waals surface area contributed by atoms with E-state index in [9.17, 15) is 4.79 Å². The number of carbonyl (C=O) groups is 1. The molecule has 3 N–H and O–H groups in total. The Morgan fingerprint density at radius 2 is 1.85 bits per heavy atom. The molecule has 0 fully saturated rings. The van der Waals surface area contributed by atoms with Crippen LogP contribution in [-0.2, 0) is 4.79 Å². The van der Waals surface area contributed by atoms with Gasteiger partial charge in [0.1, 0.15) is 0 Å². The SMILES string of the molecule is O=C(O)CC(O)(O)CCCCCBr. The third-order valence-corrected chi connectivity index (χ3v) is 2.21. The van der Waals surface area contributed by atoms with Crippen LogP contribution in [0.3, 0.4) is 0 Å². The molecule has 0 saturated carbocycles. The third kappa shape index (κ3) is 8.21. The lowest BCUT2D eigenvalue weighted by Crippen LogP contribution is -2.31. The first kappa shape index (κ1) is 12.9. The topological polar surface area (TPSA) is 77.8 Å². The summed E-state index contributed by atoms with van der Waals surface area (Å²) in [4.78, 5) is 10.2. The van der Waals surface area contributed by atoms with E-state index in [0.717, 1.165) is 18.2 Å². The number of carboxylic acids is 1. The van der Waals surface area contributed by atoms with Gasteiger partial charge < -0.3 is 15.3 Å². The van der Waals surface area contributed by atoms with E-state index in [0.29, 0.717) is 6.42 Å². The summed E-state index contributed by atoms with van der Waals surface area (Å²) in [7, 11) is 0. The number of aliphatic carboxylic acids is 1. The van der Waals surface area contributed by atoms with Gasteiger partial charge in [0.2, 0.25) is 0 Å². The second-order valence-corrected chi connectivity index (χ2v) is 3.85. The molecule has 0 rings (SSSR count). The van der Waals surface area contributed by atoms with Gasteiger partial charge in [0.15, 0.2) is 5.79 Å². The lowest BCUT2D eigenvalue weighted by atomic mass is 10.1. The normalized spacial score (nSPS) is 11.6. The maximum absolute atomic E-state index is 10.2. The number of carboxylic acid groups (broad SMARTS) is 1. The average Bonchev–Trinajstić information content (AvgIpc) is 1.95. The highest BCUT2D eigenvalue weighted by Gasteiger charge is 2.25. The summed E-state index contributed by atoms with van der Waals surface area (Å²) >= 11 is 3.25. The van der Waals surface area contributed by atoms with E-state index < -0.39 is 18.2 Å². The molecule has 4 nitrogen and oxygen atoms in total. The van der Waals surface area contributed by atoms with Crippen LogP contribution >= 0.6 is 15.9 Å². The summed E-state index contributed by atoms with van der Waals surface area (Å²) in [6, 6.07) is 0. The first-order chi connectivity index (χ1) is 5.98. The van der Waals surface area contributed by atoms with Crippen LogP contribution in [0.1, 0.15) is 32.1 Å². The number of alkyl halides is 1. The molecular formula is C8H15BrO4. The standard InChI is InChI=1S/C8H15BrO4/c9-5-3-1-2-4-8(12,13)6-7(10)11/h12-13H,1-6H2,(H,10,11). The fraction of sp³-hybridized carbons (Fsp3) is 0.875. The largest absolute Gasteiger partial charge is 0.481 e. The number of unbranched alkanes of at least 4 members (excludes halogenated alkanes) is 2. The smallest absolute Gasteiger partial charge is 0.308 e. The number of hydrogen-bond acceptors (Lipinski definition) is 3. The molecule has 0 aliphatic heterocycles. The van der Waals surface area contributed by atoms with Crippen molar-refractivity contribution in [2.45, 2.75) is 37.9 Å². The van der Waals surface area contributed by atoms with Gasteiger partial charge in [-0.3, -0.25) is 4.79 Å². The number of rotatable bonds is 7. The third-order valence-electron chi connectivity index (χ3n) is 1.65. The highest BCUT2D eigenvalue weighted by molar-refractivity contribution is 9.09. The highest BCUT2D eigenvalue weighted by atomic mass is 79.9. The average molecular weight is 255 g/mol. The van der Waals surface area contributed by atoms with Crippen LogP contribution in [0.15, 0.2) is 0 Å². The highest BCUT2D eigenvalue weighted by Crippen LogP contribution is 2.16. The lowest BCUT2D eigenvalue weighted by molar-refractivity contribution is -0.184. The Morgan fingerprint density at radius 3 is 2.31 bits per heavy atom. The quantitative estimate of drug-likeness (QED) is 0.361. The molecule has 0 bridgehead atoms. The molecule has 13 heavy (non-hydrogen) atoms. The molecule has 0 spiro atoms. The Labute approximate surface area is 85.7 Å². The molecule has 0 heterocycles. The van der Waals surface area contributed by atoms with Gasteiger partial charge in [-0.2, -0.15) is 0 Å². The van der Waals surface area contributed by atoms with Crippen molar-refractivity contribution in [1.82, 2.24) is 0 Å². The van der Waals surface area contributed by atoms with Crippen molar-refractivity contribution in [2.24, 2.45) is 0 Å². The molecule has 0 saturated heterocycles. The van der Waals surface area contributed by atoms with Crippen LogP contribution < -0.4 is 0 Å². The fourth-order valence-electron chi connectivity index (χ4n) is 1.01. The molecule has 0 aromatic heterocycles. The van der Waals surface area contributed by atoms with E-state index in [1.54, 1.807) is 0 Å². The van der Waals surface area contributed by atoms with Crippen molar-refractivity contribution in [1.29, 1.82) is 0 Å². The second kappa shape index (κ2) is 6.34. The minimum Gasteiger partial charge on any atom is -0.481 e. The number of hydrogen-bond donors (Lipinski definition) is 3. The molecule has 0 aromatic carbocycles. The molecular weight excluding hydrogens is 240 g/mol. The van der Waals surface area contributed by atoms with Crippen molar-refractivity contribution in [3.05, 3.63) is 0 Å². The van der Waals surface area contributed by atoms with E-state index in [2.05, 4.69) is 15.9 Å². The van der Waals surface area contributed by atoms with Gasteiger partial charge in [0.25, 0.3) is 0 Å². The molecule has 78 valence electrons. The van der Waals surface area contributed by atoms with Gasteiger partial charge in [-0.05, 0) is 12.8 Å². The summed E-state index contributed by atoms with van der Waals surface area (Å²) in [6.45, 7) is 0. The predicted molar refractivity (Wildman–Crippen MR) is 51.7 cm³/mol. The van der Waals surface area contributed by atoms with E-state index in [1.165, 1.54) is 0 Å². The summed E-state index contributed by atoms with van der Waals surface area (Å²) in [5, 5.41) is 27.5. The van der Waals surface area contributed by atoms with Crippen molar-refractivity contribution in [3.63, 3.8) is 0 Å². The van der Waals surface area contributed by atoms with Gasteiger partial charge in [-0.25, -0.2) is 0 Å². The van der Waals surface area contributed by atoms with Crippen LogP contribution in [0.2, 0.25) is 0 Å². The molecule has 0 aliphatic carbocycles. The predicted octanol–water partition coefficient (Wildman–Crippen LogP) is 1.10. The van der Waals surface area contributed by atoms with Crippen LogP contribution in [0.25, 0.3) is 0 Å². The Hall–Kier alpha value is -0.130. The maximum atomic E-state index is 10.2. The molecule has 5 heteroatoms. The zero-order valence-electron chi connectivity index (χ0n) is 7.37. The van der Waals surface area contributed by atoms with Crippen molar-refractivity contribution in [3.8, 4) is 0 Å². The van der Waals surface area contributed by atoms with Gasteiger partial charge in [0, 0.05) is 11.8 Å². The second-order valence-electron chi connectivity index (χ2n) is 3.05. The molecule has 0 aliphatic rings. The van der Waals surface area contributed by atoms with Gasteiger partial charge >= 0.3 is 5.97 Å². The minimum atomic E-state index is -2.04. The molecule has 0 radical (unpaired) electrons. The van der Waals surface area contributed by atoms with Crippen molar-refractivity contribution >= 4 is 21.9 Å². The first-order valence-electron chi connectivity index (χ1n) is 4.20. The Morgan fingerprint density at radius 1 is 1.23 bits per heavy atom. The van der Waals surface area contributed by atoms with Gasteiger partial charge in [0.05, 0.1) is 6.42 Å². The molecule has 0 unspecified atom stereocenters. The summed E-state index contributed by atoms with van der Waals surface area (Å²) < 4.78 is 0. The monoisotopic (exact) mass is 254 g/mol. The Kier molecular flexibility index (Phi) is 6.28. The van der Waals surface area contributed by atoms with Gasteiger partial charge in [-0.1, -0.05) is 22.4 Å². The zero-order valence-corrected chi connectivity index (χ0v) is 8.96. The van der Waals surface area contributed by atoms with E-state index in [4.69, 9.17) is 15.3 Å². The van der Waals surface area contributed by atoms with Crippen LogP contribution in [0, 0.1) is 0 Å². The maximum Gasteiger partial charge on any atom is 0.308 e. The van der Waals surface area contributed by atoms with Crippen LogP contribution in [0.4, 0.5) is 0 Å². The number of aliphatic hydroxyl groups is 2. The van der Waals surface area contributed by atoms with E-state index in [1.807, 2.05) is 0 Å². The van der Waals surface area contributed by atoms with Crippen molar-refractivity contribution < 1.29 is 20.1 Å². The fourth-order valence-corrected chi connectivity index (χ4v) is 1.41. The zero-order chi connectivity index (χ0) is 10.3. The summed E-state index contributed by atoms with van der Waals surface area (Å²) in [5.41, 5.74) is 0. The van der Waals surface area contributed by atoms with Crippen LogP contribution in [0.5, 0.6) is 0 Å².